The smallest absolute Gasteiger partial charge is 0.105 e. The fourth-order valence-electron chi connectivity index (χ4n) is 0.880. The molecule has 0 radical (unpaired) electrons. The molecule has 0 amide bonds. The Balaban J connectivity index is 0. The summed E-state index contributed by atoms with van der Waals surface area (Å²) in [7, 11) is 3.95. The van der Waals surface area contributed by atoms with Crippen LogP contribution in [-0.2, 0) is 14.1 Å². The number of nitrogens with zero attached hydrogens (tertiary/aromatic N) is 4. The normalized spacial score (nSPS) is 8.25. The summed E-state index contributed by atoms with van der Waals surface area (Å²) < 4.78 is 3.94. The van der Waals surface area contributed by atoms with Crippen molar-refractivity contribution in [2.24, 2.45) is 14.1 Å². The fourth-order valence-corrected chi connectivity index (χ4v) is 0.880. The third kappa shape index (κ3) is 4.72. The van der Waals surface area contributed by atoms with Crippen molar-refractivity contribution in [3.05, 3.63) is 36.4 Å². The molecule has 0 spiro atoms. The predicted molar refractivity (Wildman–Crippen MR) is 63.1 cm³/mol. The van der Waals surface area contributed by atoms with Crippen LogP contribution in [0.5, 0.6) is 0 Å². The highest BCUT2D eigenvalue weighted by molar-refractivity contribution is 4.86. The fraction of sp³-hybridized carbons (Fsp3) is 0.400. The van der Waals surface area contributed by atoms with Crippen LogP contribution in [0.4, 0.5) is 0 Å². The summed E-state index contributed by atoms with van der Waals surface area (Å²) in [4.78, 5) is 7.96. The van der Waals surface area contributed by atoms with Gasteiger partial charge < -0.3 is 20.1 Å². The molecule has 0 atom stereocenters. The second-order valence-corrected chi connectivity index (χ2v) is 3.17. The Kier molecular flexibility index (Phi) is 7.97. The van der Waals surface area contributed by atoms with E-state index in [1.165, 1.54) is 0 Å². The van der Waals surface area contributed by atoms with Gasteiger partial charge in [0.25, 0.3) is 0 Å². The minimum Gasteiger partial charge on any atom is -0.412 e. The molecule has 16 heavy (non-hydrogen) atoms. The molecule has 2 aromatic heterocycles. The summed E-state index contributed by atoms with van der Waals surface area (Å²) in [5.41, 5.74) is 0. The van der Waals surface area contributed by atoms with Gasteiger partial charge in [0.2, 0.25) is 0 Å². The monoisotopic (exact) mass is 228 g/mol. The van der Waals surface area contributed by atoms with Gasteiger partial charge in [-0.15, -0.1) is 0 Å². The zero-order chi connectivity index (χ0) is 10.6. The quantitative estimate of drug-likeness (QED) is 0.624. The van der Waals surface area contributed by atoms with E-state index in [0.717, 1.165) is 11.6 Å². The van der Waals surface area contributed by atoms with Crippen LogP contribution in [0.2, 0.25) is 0 Å². The van der Waals surface area contributed by atoms with Crippen LogP contribution < -0.4 is 0 Å². The molecule has 4 N–H and O–H groups in total. The summed E-state index contributed by atoms with van der Waals surface area (Å²) in [6, 6.07) is 0. The van der Waals surface area contributed by atoms with Crippen molar-refractivity contribution < 1.29 is 11.0 Å². The van der Waals surface area contributed by atoms with Crippen molar-refractivity contribution in [1.29, 1.82) is 0 Å². The van der Waals surface area contributed by atoms with Crippen molar-refractivity contribution in [3.8, 4) is 0 Å². The lowest BCUT2D eigenvalue weighted by Gasteiger charge is -1.87. The summed E-state index contributed by atoms with van der Waals surface area (Å²) in [5.74, 6) is 2.11. The van der Waals surface area contributed by atoms with E-state index in [-0.39, 0.29) is 11.0 Å². The Morgan fingerprint density at radius 1 is 0.812 bits per heavy atom. The topological polar surface area (TPSA) is 98.6 Å². The number of imidazole rings is 2. The van der Waals surface area contributed by atoms with E-state index in [1.54, 1.807) is 12.4 Å². The van der Waals surface area contributed by atoms with Crippen LogP contribution in [0.3, 0.4) is 0 Å². The second kappa shape index (κ2) is 7.61. The van der Waals surface area contributed by atoms with Gasteiger partial charge in [-0.1, -0.05) is 0 Å². The molecule has 0 unspecified atom stereocenters. The lowest BCUT2D eigenvalue weighted by Crippen LogP contribution is -1.86. The molecular weight excluding hydrogens is 208 g/mol. The van der Waals surface area contributed by atoms with Crippen LogP contribution in [-0.4, -0.2) is 30.1 Å². The summed E-state index contributed by atoms with van der Waals surface area (Å²) >= 11 is 0. The lowest BCUT2D eigenvalue weighted by atomic mass is 10.7. The molecule has 92 valence electrons. The largest absolute Gasteiger partial charge is 0.412 e. The Morgan fingerprint density at radius 2 is 1.12 bits per heavy atom. The van der Waals surface area contributed by atoms with Crippen molar-refractivity contribution >= 4 is 0 Å². The SMILES string of the molecule is Cc1nccn1C.Cc1nccn1C.O.O. The summed E-state index contributed by atoms with van der Waals surface area (Å²) in [6.45, 7) is 3.94. The third-order valence-corrected chi connectivity index (χ3v) is 2.12. The van der Waals surface area contributed by atoms with Gasteiger partial charge in [-0.05, 0) is 13.8 Å². The predicted octanol–water partition coefficient (Wildman–Crippen LogP) is -0.192. The Morgan fingerprint density at radius 3 is 1.19 bits per heavy atom. The number of aryl methyl sites for hydroxylation is 4. The number of hydrogen-bond donors (Lipinski definition) is 0. The second-order valence-electron chi connectivity index (χ2n) is 3.17. The van der Waals surface area contributed by atoms with Gasteiger partial charge in [0.05, 0.1) is 0 Å². The van der Waals surface area contributed by atoms with E-state index in [2.05, 4.69) is 9.97 Å². The van der Waals surface area contributed by atoms with E-state index >= 15 is 0 Å². The molecule has 0 aromatic carbocycles. The first-order valence-electron chi connectivity index (χ1n) is 4.49. The van der Waals surface area contributed by atoms with Gasteiger partial charge in [-0.3, -0.25) is 0 Å². The van der Waals surface area contributed by atoms with Gasteiger partial charge in [-0.25, -0.2) is 9.97 Å². The van der Waals surface area contributed by atoms with E-state index in [9.17, 15) is 0 Å². The van der Waals surface area contributed by atoms with Gasteiger partial charge in [0.1, 0.15) is 11.6 Å². The average molecular weight is 228 g/mol. The first-order chi connectivity index (χ1) is 6.61. The van der Waals surface area contributed by atoms with Gasteiger partial charge >= 0.3 is 0 Å². The molecule has 2 aromatic rings. The molecule has 0 aliphatic rings. The van der Waals surface area contributed by atoms with Crippen LogP contribution in [0, 0.1) is 13.8 Å². The molecule has 2 heterocycles. The zero-order valence-electron chi connectivity index (χ0n) is 10.1. The molecule has 0 bridgehead atoms. The zero-order valence-corrected chi connectivity index (χ0v) is 10.1. The Hall–Kier alpha value is -1.66. The van der Waals surface area contributed by atoms with Crippen molar-refractivity contribution in [3.63, 3.8) is 0 Å². The maximum absolute atomic E-state index is 3.98. The average Bonchev–Trinajstić information content (AvgIpc) is 2.67. The van der Waals surface area contributed by atoms with E-state index in [0.29, 0.717) is 0 Å². The van der Waals surface area contributed by atoms with E-state index < -0.39 is 0 Å². The maximum atomic E-state index is 3.98. The molecule has 6 heteroatoms. The molecular formula is C10H20N4O2. The molecule has 0 aliphatic carbocycles. The highest BCUT2D eigenvalue weighted by Crippen LogP contribution is 1.87. The van der Waals surface area contributed by atoms with Gasteiger partial charge in [0.15, 0.2) is 0 Å². The molecule has 0 saturated carbocycles. The van der Waals surface area contributed by atoms with E-state index in [4.69, 9.17) is 0 Å². The number of rotatable bonds is 0. The molecule has 0 aliphatic heterocycles. The Bertz CT molecular complexity index is 324. The van der Waals surface area contributed by atoms with Crippen LogP contribution >= 0.6 is 0 Å². The molecule has 2 rings (SSSR count). The number of hydrogen-bond acceptors (Lipinski definition) is 2. The minimum absolute atomic E-state index is 0. The molecule has 0 saturated heterocycles. The first kappa shape index (κ1) is 16.8. The minimum atomic E-state index is 0. The van der Waals surface area contributed by atoms with Gasteiger partial charge in [0, 0.05) is 38.9 Å². The van der Waals surface area contributed by atoms with Crippen molar-refractivity contribution in [2.75, 3.05) is 0 Å². The first-order valence-corrected chi connectivity index (χ1v) is 4.49. The Labute approximate surface area is 95.2 Å². The highest BCUT2D eigenvalue weighted by atomic mass is 16.0. The van der Waals surface area contributed by atoms with Crippen molar-refractivity contribution in [2.45, 2.75) is 13.8 Å². The third-order valence-electron chi connectivity index (χ3n) is 2.12. The standard InChI is InChI=1S/2C5H8N2.2H2O/c2*1-5-6-3-4-7(5)2;;/h2*3-4H,1-2H3;2*1H2. The van der Waals surface area contributed by atoms with Gasteiger partial charge in [-0.2, -0.15) is 0 Å². The maximum Gasteiger partial charge on any atom is 0.105 e. The van der Waals surface area contributed by atoms with E-state index in [1.807, 2.05) is 49.5 Å². The van der Waals surface area contributed by atoms with Crippen molar-refractivity contribution in [1.82, 2.24) is 19.1 Å². The summed E-state index contributed by atoms with van der Waals surface area (Å²) in [6.07, 6.45) is 7.43. The highest BCUT2D eigenvalue weighted by Gasteiger charge is 1.84. The molecule has 6 nitrogen and oxygen atoms in total. The lowest BCUT2D eigenvalue weighted by molar-refractivity contribution is 0.823. The van der Waals surface area contributed by atoms with Crippen LogP contribution in [0.1, 0.15) is 11.6 Å². The van der Waals surface area contributed by atoms with Crippen LogP contribution in [0.25, 0.3) is 0 Å². The summed E-state index contributed by atoms with van der Waals surface area (Å²) in [5, 5.41) is 0. The molecule has 0 fully saturated rings. The van der Waals surface area contributed by atoms with Crippen LogP contribution in [0.15, 0.2) is 24.8 Å². The number of aromatic nitrogens is 4.